The van der Waals surface area contributed by atoms with Gasteiger partial charge in [0.2, 0.25) is 11.8 Å². The van der Waals surface area contributed by atoms with E-state index < -0.39 is 6.04 Å². The summed E-state index contributed by atoms with van der Waals surface area (Å²) in [6, 6.07) is -0.902. The molecule has 0 aromatic rings. The summed E-state index contributed by atoms with van der Waals surface area (Å²) in [4.78, 5) is 32.5. The van der Waals surface area contributed by atoms with Gasteiger partial charge in [-0.15, -0.1) is 0 Å². The number of carbonyl (C=O) groups is 2. The Morgan fingerprint density at radius 3 is 1.69 bits per heavy atom. The van der Waals surface area contributed by atoms with Crippen molar-refractivity contribution < 1.29 is 40.1 Å². The third-order valence-electron chi connectivity index (χ3n) is 3.92. The number of unbranched alkanes of at least 4 members (excludes halogenated alkanes) is 6. The van der Waals surface area contributed by atoms with E-state index in [0.29, 0.717) is 25.9 Å². The van der Waals surface area contributed by atoms with E-state index in [1.54, 1.807) is 0 Å². The predicted molar refractivity (Wildman–Crippen MR) is 98.3 cm³/mol. The minimum Gasteiger partial charge on any atom is -0.356 e. The second-order valence-electron chi connectivity index (χ2n) is 6.45. The van der Waals surface area contributed by atoms with Crippen molar-refractivity contribution in [3.8, 4) is 0 Å². The quantitative estimate of drug-likeness (QED) is 0.110. The highest BCUT2D eigenvalue weighted by Crippen LogP contribution is 2.01. The Morgan fingerprint density at radius 1 is 0.759 bits per heavy atom. The molecule has 0 aliphatic heterocycles. The molecule has 2 amide bonds. The van der Waals surface area contributed by atoms with Gasteiger partial charge in [0.1, 0.15) is 0 Å². The number of nitrogens with two attached hydrogens (primary N) is 1. The van der Waals surface area contributed by atoms with Gasteiger partial charge in [-0.1, -0.05) is 25.7 Å². The number of rotatable bonds is 19. The Morgan fingerprint density at radius 2 is 1.21 bits per heavy atom. The first-order valence-electron chi connectivity index (χ1n) is 9.74. The minimum absolute atomic E-state index is 0.0847. The van der Waals surface area contributed by atoms with Crippen molar-refractivity contribution in [1.82, 2.24) is 21.4 Å². The third-order valence-corrected chi connectivity index (χ3v) is 3.92. The molecular formula is C16H35N5O8. The molecule has 0 saturated heterocycles. The van der Waals surface area contributed by atoms with E-state index in [4.69, 9.17) is 26.6 Å². The molecule has 172 valence electrons. The largest absolute Gasteiger partial charge is 0.356 e. The van der Waals surface area contributed by atoms with Gasteiger partial charge >= 0.3 is 0 Å². The maximum Gasteiger partial charge on any atom is 0.237 e. The van der Waals surface area contributed by atoms with E-state index in [2.05, 4.69) is 20.3 Å². The van der Waals surface area contributed by atoms with Crippen molar-refractivity contribution in [2.75, 3.05) is 26.3 Å². The summed E-state index contributed by atoms with van der Waals surface area (Å²) >= 11 is 0. The molecule has 0 aliphatic carbocycles. The van der Waals surface area contributed by atoms with E-state index in [9.17, 15) is 9.59 Å². The molecule has 0 rings (SSSR count). The van der Waals surface area contributed by atoms with Gasteiger partial charge in [0, 0.05) is 13.1 Å². The van der Waals surface area contributed by atoms with Crippen LogP contribution in [0.5, 0.6) is 0 Å². The molecule has 1 atom stereocenters. The highest BCUT2D eigenvalue weighted by Gasteiger charge is 2.16. The SMILES string of the molecule is NC(CC(=O)NCCCCCCON(O)O)C(=O)NCCCCCCON(O)O. The lowest BCUT2D eigenvalue weighted by Crippen LogP contribution is -2.44. The van der Waals surface area contributed by atoms with Crippen LogP contribution in [-0.4, -0.2) is 75.8 Å². The van der Waals surface area contributed by atoms with E-state index in [1.807, 2.05) is 0 Å². The smallest absolute Gasteiger partial charge is 0.237 e. The Labute approximate surface area is 170 Å². The summed E-state index contributed by atoms with van der Waals surface area (Å²) in [5.74, 6) is -0.657. The van der Waals surface area contributed by atoms with E-state index in [0.717, 1.165) is 38.5 Å². The molecule has 13 nitrogen and oxygen atoms in total. The standard InChI is InChI=1S/C16H35N5O8/c17-14(16(23)19-10-6-2-4-8-12-29-21(26)27)13-15(22)18-9-5-1-3-7-11-28-20(24)25/h14,24-27H,1-13,17H2,(H,18,22)(H,19,23). The molecule has 0 aromatic heterocycles. The first-order chi connectivity index (χ1) is 13.8. The van der Waals surface area contributed by atoms with Crippen molar-refractivity contribution in [3.63, 3.8) is 0 Å². The van der Waals surface area contributed by atoms with Crippen LogP contribution in [0, 0.1) is 0 Å². The van der Waals surface area contributed by atoms with Crippen LogP contribution in [0.15, 0.2) is 0 Å². The Bertz CT molecular complexity index is 428. The Kier molecular flexibility index (Phi) is 17.7. The zero-order valence-corrected chi connectivity index (χ0v) is 16.7. The molecule has 0 radical (unpaired) electrons. The minimum atomic E-state index is -0.902. The molecule has 0 saturated carbocycles. The van der Waals surface area contributed by atoms with Crippen molar-refractivity contribution in [2.24, 2.45) is 5.73 Å². The van der Waals surface area contributed by atoms with Crippen LogP contribution in [0.25, 0.3) is 0 Å². The molecule has 0 spiro atoms. The predicted octanol–water partition coefficient (Wildman–Crippen LogP) is 0.0810. The Balaban J connectivity index is 3.55. The molecule has 0 aliphatic rings. The molecule has 13 heteroatoms. The zero-order chi connectivity index (χ0) is 21.9. The number of nitrogens with zero attached hydrogens (tertiary/aromatic N) is 2. The number of carbonyl (C=O) groups excluding carboxylic acids is 2. The van der Waals surface area contributed by atoms with Gasteiger partial charge in [-0.3, -0.25) is 40.1 Å². The Hall–Kier alpha value is -1.42. The number of nitrogens with one attached hydrogen (secondary N) is 2. The average molecular weight is 425 g/mol. The van der Waals surface area contributed by atoms with Crippen LogP contribution in [0.4, 0.5) is 0 Å². The van der Waals surface area contributed by atoms with Crippen LogP contribution in [0.2, 0.25) is 0 Å². The van der Waals surface area contributed by atoms with Crippen LogP contribution in [0.1, 0.15) is 57.8 Å². The maximum absolute atomic E-state index is 11.9. The van der Waals surface area contributed by atoms with Gasteiger partial charge in [0.15, 0.2) is 0 Å². The second-order valence-corrected chi connectivity index (χ2v) is 6.45. The van der Waals surface area contributed by atoms with Gasteiger partial charge in [0.25, 0.3) is 0 Å². The van der Waals surface area contributed by atoms with Crippen molar-refractivity contribution in [2.45, 2.75) is 63.8 Å². The lowest BCUT2D eigenvalue weighted by molar-refractivity contribution is -0.492. The molecule has 0 bridgehead atoms. The van der Waals surface area contributed by atoms with Crippen molar-refractivity contribution >= 4 is 11.8 Å². The van der Waals surface area contributed by atoms with Crippen LogP contribution >= 0.6 is 0 Å². The lowest BCUT2D eigenvalue weighted by Gasteiger charge is -2.12. The molecule has 0 aromatic carbocycles. The van der Waals surface area contributed by atoms with Crippen LogP contribution in [-0.2, 0) is 19.3 Å². The first-order valence-corrected chi connectivity index (χ1v) is 9.74. The van der Waals surface area contributed by atoms with Gasteiger partial charge < -0.3 is 16.4 Å². The highest BCUT2D eigenvalue weighted by atomic mass is 17.1. The normalized spacial score (nSPS) is 12.4. The summed E-state index contributed by atoms with van der Waals surface area (Å²) in [6.45, 7) is 1.33. The summed E-state index contributed by atoms with van der Waals surface area (Å²) < 4.78 is 0. The number of hydrogen-bond donors (Lipinski definition) is 7. The van der Waals surface area contributed by atoms with E-state index in [-0.39, 0.29) is 42.2 Å². The van der Waals surface area contributed by atoms with E-state index in [1.165, 1.54) is 0 Å². The zero-order valence-electron chi connectivity index (χ0n) is 16.7. The van der Waals surface area contributed by atoms with Crippen molar-refractivity contribution in [1.29, 1.82) is 0 Å². The van der Waals surface area contributed by atoms with Gasteiger partial charge in [-0.2, -0.15) is 0 Å². The van der Waals surface area contributed by atoms with Crippen LogP contribution < -0.4 is 16.4 Å². The number of hydrogen-bond acceptors (Lipinski definition) is 11. The average Bonchev–Trinajstić information content (AvgIpc) is 2.65. The lowest BCUT2D eigenvalue weighted by atomic mass is 10.1. The van der Waals surface area contributed by atoms with Crippen molar-refractivity contribution in [3.05, 3.63) is 0 Å². The molecule has 0 heterocycles. The maximum atomic E-state index is 11.9. The summed E-state index contributed by atoms with van der Waals surface area (Å²) in [6.07, 6.45) is 6.04. The summed E-state index contributed by atoms with van der Waals surface area (Å²) in [7, 11) is 0. The highest BCUT2D eigenvalue weighted by molar-refractivity contribution is 5.88. The van der Waals surface area contributed by atoms with Gasteiger partial charge in [-0.05, 0) is 25.7 Å². The summed E-state index contributed by atoms with van der Waals surface area (Å²) in [5, 5.41) is 38.1. The molecular weight excluding hydrogens is 390 g/mol. The molecule has 29 heavy (non-hydrogen) atoms. The fraction of sp³-hybridized carbons (Fsp3) is 0.875. The molecule has 1 unspecified atom stereocenters. The molecule has 8 N–H and O–H groups in total. The first kappa shape index (κ1) is 27.6. The van der Waals surface area contributed by atoms with Gasteiger partial charge in [-0.25, -0.2) is 0 Å². The number of amides is 2. The van der Waals surface area contributed by atoms with Gasteiger partial charge in [0.05, 0.1) is 36.5 Å². The fourth-order valence-corrected chi connectivity index (χ4v) is 2.39. The fourth-order valence-electron chi connectivity index (χ4n) is 2.39. The van der Waals surface area contributed by atoms with Crippen LogP contribution in [0.3, 0.4) is 0 Å². The topological polar surface area (TPSA) is 190 Å². The second kappa shape index (κ2) is 18.6. The third kappa shape index (κ3) is 19.7. The summed E-state index contributed by atoms with van der Waals surface area (Å²) in [5.41, 5.74) is 5.74. The monoisotopic (exact) mass is 425 g/mol. The molecule has 0 fully saturated rings. The van der Waals surface area contributed by atoms with E-state index >= 15 is 0 Å².